The summed E-state index contributed by atoms with van der Waals surface area (Å²) in [7, 11) is 0. The number of carbonyl (C=O) groups excluding carboxylic acids is 1. The van der Waals surface area contributed by atoms with E-state index in [1.54, 1.807) is 0 Å². The summed E-state index contributed by atoms with van der Waals surface area (Å²) in [6, 6.07) is 0.0295. The van der Waals surface area contributed by atoms with Crippen LogP contribution in [0.5, 0.6) is 0 Å². The Morgan fingerprint density at radius 2 is 2.24 bits per heavy atom. The number of nitrogens with one attached hydrogen (secondary N) is 2. The van der Waals surface area contributed by atoms with E-state index >= 15 is 0 Å². The van der Waals surface area contributed by atoms with Crippen molar-refractivity contribution in [3.05, 3.63) is 0 Å². The van der Waals surface area contributed by atoms with Crippen LogP contribution in [0.15, 0.2) is 0 Å². The molecule has 100 valence electrons. The van der Waals surface area contributed by atoms with Crippen LogP contribution in [-0.2, 0) is 4.79 Å². The van der Waals surface area contributed by atoms with Gasteiger partial charge in [-0.25, -0.2) is 0 Å². The van der Waals surface area contributed by atoms with E-state index in [1.165, 1.54) is 0 Å². The summed E-state index contributed by atoms with van der Waals surface area (Å²) in [6.07, 6.45) is 2.89. The van der Waals surface area contributed by atoms with Gasteiger partial charge in [0, 0.05) is 19.2 Å². The molecule has 1 fully saturated rings. The average molecular weight is 242 g/mol. The molecule has 1 saturated heterocycles. The quantitative estimate of drug-likeness (QED) is 0.648. The molecule has 1 aliphatic rings. The number of rotatable bonds is 6. The Bertz CT molecular complexity index is 250. The molecule has 3 unspecified atom stereocenters. The lowest BCUT2D eigenvalue weighted by atomic mass is 9.81. The van der Waals surface area contributed by atoms with E-state index in [2.05, 4.69) is 17.6 Å². The number of hydrogen-bond donors (Lipinski definition) is 3. The van der Waals surface area contributed by atoms with Crippen molar-refractivity contribution in [2.75, 3.05) is 19.7 Å². The van der Waals surface area contributed by atoms with Gasteiger partial charge < -0.3 is 15.7 Å². The number of hydrogen-bond acceptors (Lipinski definition) is 3. The van der Waals surface area contributed by atoms with Gasteiger partial charge in [0.1, 0.15) is 0 Å². The van der Waals surface area contributed by atoms with Crippen LogP contribution in [0.1, 0.15) is 40.0 Å². The maximum absolute atomic E-state index is 12.4. The molecule has 1 heterocycles. The summed E-state index contributed by atoms with van der Waals surface area (Å²) in [4.78, 5) is 12.4. The Balaban J connectivity index is 2.60. The van der Waals surface area contributed by atoms with Crippen LogP contribution >= 0.6 is 0 Å². The van der Waals surface area contributed by atoms with Crippen molar-refractivity contribution in [1.82, 2.24) is 10.6 Å². The highest BCUT2D eigenvalue weighted by molar-refractivity contribution is 5.83. The van der Waals surface area contributed by atoms with E-state index in [9.17, 15) is 4.79 Å². The Morgan fingerprint density at radius 1 is 1.53 bits per heavy atom. The summed E-state index contributed by atoms with van der Waals surface area (Å²) in [5.74, 6) is 0.254. The molecule has 0 aromatic rings. The van der Waals surface area contributed by atoms with Gasteiger partial charge in [-0.05, 0) is 32.2 Å². The zero-order valence-corrected chi connectivity index (χ0v) is 11.3. The Morgan fingerprint density at radius 3 is 2.71 bits per heavy atom. The second kappa shape index (κ2) is 6.36. The molecule has 0 radical (unpaired) electrons. The Hall–Kier alpha value is -0.610. The first-order chi connectivity index (χ1) is 8.05. The summed E-state index contributed by atoms with van der Waals surface area (Å²) in [6.45, 7) is 7.85. The first kappa shape index (κ1) is 14.5. The normalized spacial score (nSPS) is 27.8. The topological polar surface area (TPSA) is 61.4 Å². The van der Waals surface area contributed by atoms with Crippen molar-refractivity contribution in [3.8, 4) is 0 Å². The van der Waals surface area contributed by atoms with Crippen LogP contribution in [-0.4, -0.2) is 36.8 Å². The molecular weight excluding hydrogens is 216 g/mol. The molecule has 4 nitrogen and oxygen atoms in total. The smallest absolute Gasteiger partial charge is 0.227 e. The monoisotopic (exact) mass is 242 g/mol. The zero-order chi connectivity index (χ0) is 12.9. The van der Waals surface area contributed by atoms with Crippen LogP contribution in [0.3, 0.4) is 0 Å². The third kappa shape index (κ3) is 3.42. The molecule has 0 aliphatic carbocycles. The molecular formula is C13H26N2O2. The van der Waals surface area contributed by atoms with Crippen LogP contribution in [0, 0.1) is 11.3 Å². The lowest BCUT2D eigenvalue weighted by molar-refractivity contribution is -0.131. The highest BCUT2D eigenvalue weighted by Gasteiger charge is 2.40. The molecule has 1 amide bonds. The van der Waals surface area contributed by atoms with E-state index in [0.29, 0.717) is 0 Å². The standard InChI is InChI=1S/C13H26N2O2/c1-4-5-13(6-7-14-9-13)12(17)15-11(3)10(2)8-16/h10-11,14,16H,4-9H2,1-3H3,(H,15,17). The molecule has 3 N–H and O–H groups in total. The summed E-state index contributed by atoms with van der Waals surface area (Å²) < 4.78 is 0. The van der Waals surface area contributed by atoms with Crippen LogP contribution in [0.4, 0.5) is 0 Å². The first-order valence-corrected chi connectivity index (χ1v) is 6.68. The maximum Gasteiger partial charge on any atom is 0.227 e. The molecule has 17 heavy (non-hydrogen) atoms. The van der Waals surface area contributed by atoms with Gasteiger partial charge in [-0.1, -0.05) is 20.3 Å². The Labute approximate surface area is 104 Å². The number of amides is 1. The van der Waals surface area contributed by atoms with Crippen LogP contribution < -0.4 is 10.6 Å². The minimum Gasteiger partial charge on any atom is -0.396 e. The average Bonchev–Trinajstić information content (AvgIpc) is 2.78. The van der Waals surface area contributed by atoms with Crippen LogP contribution in [0.2, 0.25) is 0 Å². The minimum atomic E-state index is -0.224. The van der Waals surface area contributed by atoms with Gasteiger partial charge in [0.25, 0.3) is 0 Å². The number of aliphatic hydroxyl groups excluding tert-OH is 1. The van der Waals surface area contributed by atoms with E-state index in [1.807, 2.05) is 13.8 Å². The van der Waals surface area contributed by atoms with Gasteiger partial charge in [0.2, 0.25) is 5.91 Å². The summed E-state index contributed by atoms with van der Waals surface area (Å²) in [5.41, 5.74) is -0.224. The Kier molecular flexibility index (Phi) is 5.40. The van der Waals surface area contributed by atoms with E-state index in [4.69, 9.17) is 5.11 Å². The molecule has 0 aromatic carbocycles. The van der Waals surface area contributed by atoms with Crippen molar-refractivity contribution in [2.24, 2.45) is 11.3 Å². The number of carbonyl (C=O) groups is 1. The van der Waals surface area contributed by atoms with Crippen molar-refractivity contribution >= 4 is 5.91 Å². The fourth-order valence-corrected chi connectivity index (χ4v) is 2.40. The van der Waals surface area contributed by atoms with Crippen molar-refractivity contribution in [2.45, 2.75) is 46.1 Å². The van der Waals surface area contributed by atoms with Gasteiger partial charge in [0.15, 0.2) is 0 Å². The molecule has 0 spiro atoms. The molecule has 4 heteroatoms. The summed E-state index contributed by atoms with van der Waals surface area (Å²) >= 11 is 0. The molecule has 1 rings (SSSR count). The van der Waals surface area contributed by atoms with E-state index < -0.39 is 0 Å². The van der Waals surface area contributed by atoms with E-state index in [-0.39, 0.29) is 29.9 Å². The van der Waals surface area contributed by atoms with Gasteiger partial charge in [-0.3, -0.25) is 4.79 Å². The predicted molar refractivity (Wildman–Crippen MR) is 68.7 cm³/mol. The molecule has 0 bridgehead atoms. The predicted octanol–water partition coefficient (Wildman–Crippen LogP) is 0.899. The highest BCUT2D eigenvalue weighted by atomic mass is 16.3. The summed E-state index contributed by atoms with van der Waals surface area (Å²) in [5, 5.41) is 15.4. The third-order valence-corrected chi connectivity index (χ3v) is 3.95. The molecule has 0 saturated carbocycles. The zero-order valence-electron chi connectivity index (χ0n) is 11.3. The highest BCUT2D eigenvalue weighted by Crippen LogP contribution is 2.31. The SMILES string of the molecule is CCCC1(C(=O)NC(C)C(C)CO)CCNC1. The third-order valence-electron chi connectivity index (χ3n) is 3.95. The maximum atomic E-state index is 12.4. The largest absolute Gasteiger partial charge is 0.396 e. The molecule has 0 aromatic heterocycles. The second-order valence-corrected chi connectivity index (χ2v) is 5.38. The molecule has 3 atom stereocenters. The van der Waals surface area contributed by atoms with Crippen molar-refractivity contribution in [3.63, 3.8) is 0 Å². The van der Waals surface area contributed by atoms with Gasteiger partial charge in [-0.15, -0.1) is 0 Å². The lowest BCUT2D eigenvalue weighted by Gasteiger charge is -2.30. The van der Waals surface area contributed by atoms with Gasteiger partial charge >= 0.3 is 0 Å². The van der Waals surface area contributed by atoms with Crippen molar-refractivity contribution < 1.29 is 9.90 Å². The lowest BCUT2D eigenvalue weighted by Crippen LogP contribution is -2.48. The van der Waals surface area contributed by atoms with Gasteiger partial charge in [0.05, 0.1) is 5.41 Å². The minimum absolute atomic E-state index is 0.0295. The molecule has 1 aliphatic heterocycles. The van der Waals surface area contributed by atoms with Crippen LogP contribution in [0.25, 0.3) is 0 Å². The second-order valence-electron chi connectivity index (χ2n) is 5.38. The fraction of sp³-hybridized carbons (Fsp3) is 0.923. The first-order valence-electron chi connectivity index (χ1n) is 6.68. The fourth-order valence-electron chi connectivity index (χ4n) is 2.40. The number of aliphatic hydroxyl groups is 1. The van der Waals surface area contributed by atoms with Crippen molar-refractivity contribution in [1.29, 1.82) is 0 Å². The van der Waals surface area contributed by atoms with Gasteiger partial charge in [-0.2, -0.15) is 0 Å². The van der Waals surface area contributed by atoms with E-state index in [0.717, 1.165) is 32.4 Å².